The molecule has 1 atom stereocenters. The molecule has 2 rings (SSSR count). The Morgan fingerprint density at radius 2 is 2.11 bits per heavy atom. The van der Waals surface area contributed by atoms with Crippen molar-refractivity contribution in [1.82, 2.24) is 4.98 Å². The molecule has 8 heteroatoms. The van der Waals surface area contributed by atoms with E-state index in [1.165, 1.54) is 30.5 Å². The maximum absolute atomic E-state index is 11.8. The first-order chi connectivity index (χ1) is 9.04. The summed E-state index contributed by atoms with van der Waals surface area (Å²) in [6.45, 7) is 0. The molecule has 1 aromatic carbocycles. The van der Waals surface area contributed by atoms with Crippen LogP contribution >= 0.6 is 11.3 Å². The molecule has 0 fully saturated rings. The quantitative estimate of drug-likeness (QED) is 0.832. The highest BCUT2D eigenvalue weighted by molar-refractivity contribution is 7.78. The number of thiazole rings is 1. The number of aromatic nitrogens is 1. The van der Waals surface area contributed by atoms with Crippen molar-refractivity contribution >= 4 is 33.5 Å². The van der Waals surface area contributed by atoms with Crippen molar-refractivity contribution in [2.24, 2.45) is 0 Å². The van der Waals surface area contributed by atoms with Crippen molar-refractivity contribution in [2.75, 3.05) is 5.32 Å². The normalized spacial score (nSPS) is 12.1. The van der Waals surface area contributed by atoms with Crippen LogP contribution in [0.1, 0.15) is 15.2 Å². The zero-order valence-electron chi connectivity index (χ0n) is 9.53. The van der Waals surface area contributed by atoms with Crippen LogP contribution in [0.25, 0.3) is 0 Å². The van der Waals surface area contributed by atoms with Crippen LogP contribution in [-0.2, 0) is 16.8 Å². The van der Waals surface area contributed by atoms with E-state index in [0.29, 0.717) is 15.6 Å². The van der Waals surface area contributed by atoms with Gasteiger partial charge in [-0.25, -0.2) is 4.98 Å². The lowest BCUT2D eigenvalue weighted by atomic mass is 10.2. The molecule has 0 saturated heterocycles. The molecular weight excluding hydrogens is 288 g/mol. The first-order valence-corrected chi connectivity index (χ1v) is 7.21. The number of hydrogen-bond acceptors (Lipinski definition) is 6. The van der Waals surface area contributed by atoms with Gasteiger partial charge in [0.2, 0.25) is 0 Å². The minimum atomic E-state index is -2.17. The van der Waals surface area contributed by atoms with Crippen LogP contribution in [0.2, 0.25) is 0 Å². The van der Waals surface area contributed by atoms with Gasteiger partial charge in [-0.05, 0) is 35.3 Å². The molecule has 0 aliphatic carbocycles. The fourth-order valence-electron chi connectivity index (χ4n) is 1.33. The number of phenolic OH excluding ortho intramolecular Hbond substituents is 1. The SMILES string of the molecule is O=C(Nc1ncc(CS(=O)[O-])s1)c1ccc(O)cc1. The highest BCUT2D eigenvalue weighted by Crippen LogP contribution is 2.20. The number of amides is 1. The molecule has 0 aliphatic rings. The Balaban J connectivity index is 2.04. The minimum Gasteiger partial charge on any atom is -0.772 e. The second kappa shape index (κ2) is 5.91. The summed E-state index contributed by atoms with van der Waals surface area (Å²) in [5.41, 5.74) is 0.377. The fourth-order valence-corrected chi connectivity index (χ4v) is 2.76. The summed E-state index contributed by atoms with van der Waals surface area (Å²) in [7, 11) is 0. The van der Waals surface area contributed by atoms with Gasteiger partial charge in [0.15, 0.2) is 5.13 Å². The van der Waals surface area contributed by atoms with Crippen LogP contribution < -0.4 is 5.32 Å². The summed E-state index contributed by atoms with van der Waals surface area (Å²) in [5.74, 6) is -0.414. The van der Waals surface area contributed by atoms with E-state index in [0.717, 1.165) is 11.3 Å². The third-order valence-corrected chi connectivity index (χ3v) is 3.81. The molecule has 0 radical (unpaired) electrons. The number of anilines is 1. The van der Waals surface area contributed by atoms with Crippen LogP contribution in [0.15, 0.2) is 30.5 Å². The first kappa shape index (κ1) is 13.7. The van der Waals surface area contributed by atoms with Gasteiger partial charge in [0, 0.05) is 22.4 Å². The van der Waals surface area contributed by atoms with E-state index in [1.54, 1.807) is 0 Å². The molecule has 0 bridgehead atoms. The molecule has 2 aromatic rings. The molecule has 1 unspecified atom stereocenters. The molecule has 1 aromatic heterocycles. The Kier molecular flexibility index (Phi) is 4.25. The summed E-state index contributed by atoms with van der Waals surface area (Å²) in [6, 6.07) is 5.77. The molecule has 1 amide bonds. The van der Waals surface area contributed by atoms with Gasteiger partial charge >= 0.3 is 0 Å². The molecule has 0 saturated carbocycles. The van der Waals surface area contributed by atoms with Gasteiger partial charge in [-0.3, -0.25) is 14.3 Å². The number of carbonyl (C=O) groups excluding carboxylic acids is 1. The molecule has 2 N–H and O–H groups in total. The first-order valence-electron chi connectivity index (χ1n) is 5.15. The van der Waals surface area contributed by atoms with E-state index in [1.807, 2.05) is 0 Å². The fraction of sp³-hybridized carbons (Fsp3) is 0.0909. The van der Waals surface area contributed by atoms with E-state index >= 15 is 0 Å². The molecule has 1 heterocycles. The lowest BCUT2D eigenvalue weighted by Crippen LogP contribution is -2.11. The zero-order valence-corrected chi connectivity index (χ0v) is 11.2. The number of nitrogens with zero attached hydrogens (tertiary/aromatic N) is 1. The second-order valence-corrected chi connectivity index (χ2v) is 5.59. The topological polar surface area (TPSA) is 102 Å². The van der Waals surface area contributed by atoms with Gasteiger partial charge in [-0.15, -0.1) is 11.3 Å². The molecule has 19 heavy (non-hydrogen) atoms. The summed E-state index contributed by atoms with van der Waals surface area (Å²) in [6.07, 6.45) is 1.41. The predicted molar refractivity (Wildman–Crippen MR) is 70.8 cm³/mol. The van der Waals surface area contributed by atoms with Crippen LogP contribution in [0.5, 0.6) is 5.75 Å². The summed E-state index contributed by atoms with van der Waals surface area (Å²) in [4.78, 5) is 16.3. The average Bonchev–Trinajstić information content (AvgIpc) is 2.76. The number of carbonyl (C=O) groups is 1. The monoisotopic (exact) mass is 297 g/mol. The Morgan fingerprint density at radius 3 is 2.74 bits per heavy atom. The van der Waals surface area contributed by atoms with Crippen molar-refractivity contribution in [2.45, 2.75) is 5.75 Å². The zero-order chi connectivity index (χ0) is 13.8. The van der Waals surface area contributed by atoms with E-state index in [9.17, 15) is 13.6 Å². The van der Waals surface area contributed by atoms with Gasteiger partial charge in [0.1, 0.15) is 5.75 Å². The lowest BCUT2D eigenvalue weighted by molar-refractivity contribution is 0.102. The van der Waals surface area contributed by atoms with Gasteiger partial charge in [-0.2, -0.15) is 0 Å². The van der Waals surface area contributed by atoms with Crippen molar-refractivity contribution in [3.05, 3.63) is 40.9 Å². The Morgan fingerprint density at radius 1 is 1.42 bits per heavy atom. The molecule has 6 nitrogen and oxygen atoms in total. The van der Waals surface area contributed by atoms with Crippen molar-refractivity contribution in [3.8, 4) is 5.75 Å². The van der Waals surface area contributed by atoms with Crippen LogP contribution in [0, 0.1) is 0 Å². The van der Waals surface area contributed by atoms with Gasteiger partial charge in [0.05, 0.1) is 0 Å². The van der Waals surface area contributed by atoms with Crippen LogP contribution in [0.3, 0.4) is 0 Å². The van der Waals surface area contributed by atoms with Gasteiger partial charge in [0.25, 0.3) is 5.91 Å². The standard InChI is InChI=1S/C11H10N2O4S2/c14-8-3-1-7(2-4-8)10(15)13-11-12-5-9(18-11)6-19(16)17/h1-5,14H,6H2,(H,16,17)(H,12,13,15)/p-1. The second-order valence-electron chi connectivity index (χ2n) is 3.58. The summed E-state index contributed by atoms with van der Waals surface area (Å²) >= 11 is -1.07. The number of rotatable bonds is 4. The summed E-state index contributed by atoms with van der Waals surface area (Å²) in [5, 5.41) is 12.0. The number of nitrogens with one attached hydrogen (secondary N) is 1. The Hall–Kier alpha value is -1.77. The largest absolute Gasteiger partial charge is 0.772 e. The van der Waals surface area contributed by atoms with Crippen LogP contribution in [-0.4, -0.2) is 24.8 Å². The average molecular weight is 297 g/mol. The van der Waals surface area contributed by atoms with E-state index in [4.69, 9.17) is 5.11 Å². The maximum atomic E-state index is 11.8. The van der Waals surface area contributed by atoms with E-state index in [-0.39, 0.29) is 17.4 Å². The van der Waals surface area contributed by atoms with Gasteiger partial charge in [-0.1, -0.05) is 0 Å². The van der Waals surface area contributed by atoms with Crippen molar-refractivity contribution in [1.29, 1.82) is 0 Å². The number of benzene rings is 1. The number of hydrogen-bond donors (Lipinski definition) is 2. The van der Waals surface area contributed by atoms with Crippen LogP contribution in [0.4, 0.5) is 5.13 Å². The number of aromatic hydroxyl groups is 1. The number of phenols is 1. The molecule has 0 spiro atoms. The van der Waals surface area contributed by atoms with E-state index in [2.05, 4.69) is 10.3 Å². The van der Waals surface area contributed by atoms with E-state index < -0.39 is 11.1 Å². The molecule has 100 valence electrons. The van der Waals surface area contributed by atoms with Crippen molar-refractivity contribution < 1.29 is 18.7 Å². The summed E-state index contributed by atoms with van der Waals surface area (Å²) < 4.78 is 21.0. The third kappa shape index (κ3) is 3.85. The molecule has 0 aliphatic heterocycles. The Labute approximate surface area is 115 Å². The van der Waals surface area contributed by atoms with Gasteiger partial charge < -0.3 is 9.66 Å². The highest BCUT2D eigenvalue weighted by atomic mass is 32.2. The highest BCUT2D eigenvalue weighted by Gasteiger charge is 2.09. The predicted octanol–water partition coefficient (Wildman–Crippen LogP) is 1.48. The smallest absolute Gasteiger partial charge is 0.257 e. The van der Waals surface area contributed by atoms with Crippen molar-refractivity contribution in [3.63, 3.8) is 0 Å². The third-order valence-electron chi connectivity index (χ3n) is 2.16. The maximum Gasteiger partial charge on any atom is 0.257 e. The lowest BCUT2D eigenvalue weighted by Gasteiger charge is -2.02. The Bertz CT molecular complexity index is 609. The molecular formula is C11H9N2O4S2-. The minimum absolute atomic E-state index is 0.0750.